The van der Waals surface area contributed by atoms with E-state index in [2.05, 4.69) is 12.2 Å². The third-order valence-corrected chi connectivity index (χ3v) is 3.14. The maximum Gasteiger partial charge on any atom is 0.320 e. The van der Waals surface area contributed by atoms with Crippen molar-refractivity contribution in [1.82, 2.24) is 5.32 Å². The van der Waals surface area contributed by atoms with E-state index in [0.717, 1.165) is 19.4 Å². The number of likely N-dealkylation sites (N-methyl/N-ethyl adjacent to an activating group) is 1. The number of rotatable bonds is 4. The summed E-state index contributed by atoms with van der Waals surface area (Å²) < 4.78 is 0. The smallest absolute Gasteiger partial charge is 0.320 e. The molecule has 3 atom stereocenters. The molecular formula is C11H21NO2. The molecule has 0 aromatic heterocycles. The van der Waals surface area contributed by atoms with Gasteiger partial charge in [0.15, 0.2) is 0 Å². The molecule has 1 saturated carbocycles. The van der Waals surface area contributed by atoms with Crippen molar-refractivity contribution in [2.75, 3.05) is 6.54 Å². The molecule has 0 saturated heterocycles. The minimum Gasteiger partial charge on any atom is -0.480 e. The summed E-state index contributed by atoms with van der Waals surface area (Å²) in [5, 5.41) is 12.2. The van der Waals surface area contributed by atoms with Gasteiger partial charge >= 0.3 is 5.97 Å². The van der Waals surface area contributed by atoms with Crippen molar-refractivity contribution in [1.29, 1.82) is 0 Å². The number of carboxylic acid groups (broad SMARTS) is 1. The van der Waals surface area contributed by atoms with Crippen molar-refractivity contribution >= 4 is 5.97 Å². The molecule has 1 rings (SSSR count). The molecule has 0 aromatic carbocycles. The molecule has 0 heterocycles. The third kappa shape index (κ3) is 2.98. The summed E-state index contributed by atoms with van der Waals surface area (Å²) in [4.78, 5) is 11.0. The van der Waals surface area contributed by atoms with Crippen LogP contribution in [0.1, 0.15) is 39.5 Å². The second-order valence-corrected chi connectivity index (χ2v) is 4.41. The van der Waals surface area contributed by atoms with Crippen LogP contribution in [0.2, 0.25) is 0 Å². The topological polar surface area (TPSA) is 49.3 Å². The summed E-state index contributed by atoms with van der Waals surface area (Å²) in [5.41, 5.74) is 0. The van der Waals surface area contributed by atoms with Gasteiger partial charge in [-0.2, -0.15) is 0 Å². The summed E-state index contributed by atoms with van der Waals surface area (Å²) in [7, 11) is 0. The van der Waals surface area contributed by atoms with Crippen molar-refractivity contribution < 1.29 is 9.90 Å². The maximum absolute atomic E-state index is 11.0. The lowest BCUT2D eigenvalue weighted by atomic mass is 9.78. The zero-order valence-electron chi connectivity index (χ0n) is 9.12. The van der Waals surface area contributed by atoms with Crippen LogP contribution in [-0.2, 0) is 4.79 Å². The molecule has 3 nitrogen and oxygen atoms in total. The number of carbonyl (C=O) groups is 1. The number of hydrogen-bond donors (Lipinski definition) is 2. The summed E-state index contributed by atoms with van der Waals surface area (Å²) in [6.45, 7) is 4.92. The van der Waals surface area contributed by atoms with E-state index >= 15 is 0 Å². The fraction of sp³-hybridized carbons (Fsp3) is 0.909. The van der Waals surface area contributed by atoms with Gasteiger partial charge in [-0.3, -0.25) is 4.79 Å². The van der Waals surface area contributed by atoms with E-state index in [-0.39, 0.29) is 6.04 Å². The van der Waals surface area contributed by atoms with Gasteiger partial charge in [0.2, 0.25) is 0 Å². The number of hydrogen-bond acceptors (Lipinski definition) is 2. The van der Waals surface area contributed by atoms with E-state index < -0.39 is 5.97 Å². The van der Waals surface area contributed by atoms with E-state index in [9.17, 15) is 4.79 Å². The molecule has 2 N–H and O–H groups in total. The fourth-order valence-corrected chi connectivity index (χ4v) is 2.46. The second kappa shape index (κ2) is 5.35. The molecule has 3 unspecified atom stereocenters. The average Bonchev–Trinajstić information content (AvgIpc) is 2.13. The minimum atomic E-state index is -0.689. The lowest BCUT2D eigenvalue weighted by molar-refractivity contribution is -0.141. The molecule has 0 bridgehead atoms. The van der Waals surface area contributed by atoms with Gasteiger partial charge in [-0.1, -0.05) is 26.7 Å². The highest BCUT2D eigenvalue weighted by Gasteiger charge is 2.30. The zero-order valence-corrected chi connectivity index (χ0v) is 9.12. The van der Waals surface area contributed by atoms with Crippen LogP contribution in [0.3, 0.4) is 0 Å². The van der Waals surface area contributed by atoms with Crippen molar-refractivity contribution in [3.63, 3.8) is 0 Å². The summed E-state index contributed by atoms with van der Waals surface area (Å²) in [6, 6.07) is -0.331. The lowest BCUT2D eigenvalue weighted by Gasteiger charge is -2.31. The van der Waals surface area contributed by atoms with Crippen molar-refractivity contribution in [3.05, 3.63) is 0 Å². The number of nitrogens with one attached hydrogen (secondary N) is 1. The molecule has 3 heteroatoms. The Kier molecular flexibility index (Phi) is 4.39. The minimum absolute atomic E-state index is 0.330. The predicted octanol–water partition coefficient (Wildman–Crippen LogP) is 1.88. The summed E-state index contributed by atoms with van der Waals surface area (Å²) in [6.07, 6.45) is 4.56. The molecule has 1 aliphatic rings. The highest BCUT2D eigenvalue weighted by Crippen LogP contribution is 2.30. The fourth-order valence-electron chi connectivity index (χ4n) is 2.46. The predicted molar refractivity (Wildman–Crippen MR) is 56.2 cm³/mol. The van der Waals surface area contributed by atoms with Crippen molar-refractivity contribution in [3.8, 4) is 0 Å². The Hall–Kier alpha value is -0.570. The lowest BCUT2D eigenvalue weighted by Crippen LogP contribution is -2.44. The van der Waals surface area contributed by atoms with Crippen LogP contribution in [0.4, 0.5) is 0 Å². The van der Waals surface area contributed by atoms with Crippen LogP contribution in [0.5, 0.6) is 0 Å². The SMILES string of the molecule is CCNC(C(=O)O)C1CCCC(C)C1. The molecular weight excluding hydrogens is 178 g/mol. The molecule has 0 amide bonds. The van der Waals surface area contributed by atoms with Gasteiger partial charge in [0.05, 0.1) is 0 Å². The molecule has 0 spiro atoms. The Bertz CT molecular complexity index is 194. The Morgan fingerprint density at radius 1 is 1.57 bits per heavy atom. The van der Waals surface area contributed by atoms with E-state index in [4.69, 9.17) is 5.11 Å². The largest absolute Gasteiger partial charge is 0.480 e. The van der Waals surface area contributed by atoms with Gasteiger partial charge in [-0.05, 0) is 31.2 Å². The highest BCUT2D eigenvalue weighted by molar-refractivity contribution is 5.73. The van der Waals surface area contributed by atoms with Gasteiger partial charge in [0.25, 0.3) is 0 Å². The van der Waals surface area contributed by atoms with Gasteiger partial charge < -0.3 is 10.4 Å². The van der Waals surface area contributed by atoms with Crippen molar-refractivity contribution in [2.24, 2.45) is 11.8 Å². The molecule has 1 fully saturated rings. The highest BCUT2D eigenvalue weighted by atomic mass is 16.4. The zero-order chi connectivity index (χ0) is 10.6. The summed E-state index contributed by atoms with van der Waals surface area (Å²) in [5.74, 6) is 0.330. The van der Waals surface area contributed by atoms with Crippen LogP contribution in [0, 0.1) is 11.8 Å². The third-order valence-electron chi connectivity index (χ3n) is 3.14. The molecule has 1 aliphatic carbocycles. The van der Waals surface area contributed by atoms with Crippen molar-refractivity contribution in [2.45, 2.75) is 45.6 Å². The second-order valence-electron chi connectivity index (χ2n) is 4.41. The van der Waals surface area contributed by atoms with Gasteiger partial charge in [0, 0.05) is 0 Å². The van der Waals surface area contributed by atoms with Crippen LogP contribution in [0.25, 0.3) is 0 Å². The van der Waals surface area contributed by atoms with E-state index in [1.165, 1.54) is 12.8 Å². The Labute approximate surface area is 85.9 Å². The van der Waals surface area contributed by atoms with Crippen LogP contribution < -0.4 is 5.32 Å². The van der Waals surface area contributed by atoms with Gasteiger partial charge in [-0.15, -0.1) is 0 Å². The Morgan fingerprint density at radius 3 is 2.79 bits per heavy atom. The van der Waals surface area contributed by atoms with Crippen LogP contribution >= 0.6 is 0 Å². The molecule has 14 heavy (non-hydrogen) atoms. The number of carboxylic acids is 1. The molecule has 0 aliphatic heterocycles. The first-order chi connectivity index (χ1) is 6.65. The van der Waals surface area contributed by atoms with Crippen LogP contribution in [0.15, 0.2) is 0 Å². The molecule has 0 aromatic rings. The van der Waals surface area contributed by atoms with Gasteiger partial charge in [0.1, 0.15) is 6.04 Å². The standard InChI is InChI=1S/C11H21NO2/c1-3-12-10(11(13)14)9-6-4-5-8(2)7-9/h8-10,12H,3-7H2,1-2H3,(H,13,14). The first-order valence-electron chi connectivity index (χ1n) is 5.61. The van der Waals surface area contributed by atoms with Gasteiger partial charge in [-0.25, -0.2) is 0 Å². The molecule has 0 radical (unpaired) electrons. The Morgan fingerprint density at radius 2 is 2.29 bits per heavy atom. The van der Waals surface area contributed by atoms with E-state index in [1.807, 2.05) is 6.92 Å². The maximum atomic E-state index is 11.0. The average molecular weight is 199 g/mol. The Balaban J connectivity index is 2.53. The molecule has 82 valence electrons. The first kappa shape index (κ1) is 11.5. The monoisotopic (exact) mass is 199 g/mol. The van der Waals surface area contributed by atoms with Crippen LogP contribution in [-0.4, -0.2) is 23.7 Å². The number of aliphatic carboxylic acids is 1. The quantitative estimate of drug-likeness (QED) is 0.726. The van der Waals surface area contributed by atoms with E-state index in [1.54, 1.807) is 0 Å². The first-order valence-corrected chi connectivity index (χ1v) is 5.61. The normalized spacial score (nSPS) is 29.9. The summed E-state index contributed by atoms with van der Waals surface area (Å²) >= 11 is 0. The van der Waals surface area contributed by atoms with E-state index in [0.29, 0.717) is 11.8 Å².